The van der Waals surface area contributed by atoms with Crippen LogP contribution < -0.4 is 0 Å². The number of ether oxygens (including phenoxy) is 2. The van der Waals surface area contributed by atoms with Crippen molar-refractivity contribution in [3.8, 4) is 0 Å². The summed E-state index contributed by atoms with van der Waals surface area (Å²) in [5.41, 5.74) is 0. The van der Waals surface area contributed by atoms with Gasteiger partial charge in [0.1, 0.15) is 18.0 Å². The first-order valence-electron chi connectivity index (χ1n) is 8.86. The van der Waals surface area contributed by atoms with E-state index in [2.05, 4.69) is 6.92 Å². The third-order valence-electron chi connectivity index (χ3n) is 4.22. The van der Waals surface area contributed by atoms with Crippen LogP contribution in [0.1, 0.15) is 64.7 Å². The molecule has 0 heterocycles. The highest BCUT2D eigenvalue weighted by atomic mass is 16.6. The lowest BCUT2D eigenvalue weighted by molar-refractivity contribution is -0.167. The van der Waals surface area contributed by atoms with Gasteiger partial charge in [-0.1, -0.05) is 51.9 Å². The molecule has 6 nitrogen and oxygen atoms in total. The van der Waals surface area contributed by atoms with E-state index in [1.807, 2.05) is 0 Å². The van der Waals surface area contributed by atoms with Gasteiger partial charge in [-0.05, 0) is 6.42 Å². The summed E-state index contributed by atoms with van der Waals surface area (Å²) in [4.78, 5) is 23.7. The van der Waals surface area contributed by atoms with Crippen molar-refractivity contribution < 1.29 is 29.3 Å². The lowest BCUT2D eigenvalue weighted by Crippen LogP contribution is -2.49. The minimum Gasteiger partial charge on any atom is -0.498 e. The zero-order valence-corrected chi connectivity index (χ0v) is 14.7. The van der Waals surface area contributed by atoms with Crippen LogP contribution in [0.3, 0.4) is 0 Å². The number of aliphatic hydroxyl groups is 2. The molecule has 0 spiro atoms. The predicted octanol–water partition coefficient (Wildman–Crippen LogP) is 2.26. The molecule has 3 atom stereocenters. The summed E-state index contributed by atoms with van der Waals surface area (Å²) in [7, 11) is 1.30. The second-order valence-corrected chi connectivity index (χ2v) is 6.22. The molecule has 6 heteroatoms. The molecule has 2 N–H and O–H groups in total. The number of esters is 1. The Balaban J connectivity index is 2.25. The molecule has 138 valence electrons. The number of carbonyl (C=O) groups is 2. The molecule has 0 aromatic heterocycles. The van der Waals surface area contributed by atoms with Crippen molar-refractivity contribution in [2.24, 2.45) is 0 Å². The summed E-state index contributed by atoms with van der Waals surface area (Å²) >= 11 is 0. The monoisotopic (exact) mass is 342 g/mol. The number of hydrogen-bond donors (Lipinski definition) is 2. The standard InChI is InChI=1S/C18H30O6/c1-3-4-5-6-7-8-9-10-11-15(20)24-18-13(19)12-14(23-2)16(21)17(18)22/h12,16-18,21-22H,3-11H2,1-2H3/t16-,17-,18-/m1/s1. The van der Waals surface area contributed by atoms with Crippen LogP contribution in [0, 0.1) is 0 Å². The smallest absolute Gasteiger partial charge is 0.306 e. The zero-order chi connectivity index (χ0) is 17.9. The van der Waals surface area contributed by atoms with Crippen LogP contribution in [0.2, 0.25) is 0 Å². The van der Waals surface area contributed by atoms with Crippen LogP contribution in [0.4, 0.5) is 0 Å². The van der Waals surface area contributed by atoms with E-state index in [0.717, 1.165) is 18.9 Å². The second-order valence-electron chi connectivity index (χ2n) is 6.22. The number of unbranched alkanes of at least 4 members (excludes halogenated alkanes) is 7. The maximum atomic E-state index is 11.9. The van der Waals surface area contributed by atoms with Crippen molar-refractivity contribution in [2.45, 2.75) is 83.0 Å². The third-order valence-corrected chi connectivity index (χ3v) is 4.22. The quantitative estimate of drug-likeness (QED) is 0.442. The third kappa shape index (κ3) is 6.61. The largest absolute Gasteiger partial charge is 0.498 e. The number of hydrogen-bond acceptors (Lipinski definition) is 6. The van der Waals surface area contributed by atoms with E-state index >= 15 is 0 Å². The molecule has 0 bridgehead atoms. The Hall–Kier alpha value is -1.40. The van der Waals surface area contributed by atoms with Crippen LogP contribution in [0.5, 0.6) is 0 Å². The molecule has 1 aliphatic carbocycles. The Morgan fingerprint density at radius 2 is 1.67 bits per heavy atom. The van der Waals surface area contributed by atoms with E-state index in [4.69, 9.17) is 9.47 Å². The van der Waals surface area contributed by atoms with Gasteiger partial charge in [-0.15, -0.1) is 0 Å². The van der Waals surface area contributed by atoms with Crippen LogP contribution in [0.25, 0.3) is 0 Å². The summed E-state index contributed by atoms with van der Waals surface area (Å²) < 4.78 is 9.85. The number of aliphatic hydroxyl groups excluding tert-OH is 2. The van der Waals surface area contributed by atoms with Crippen LogP contribution in [-0.4, -0.2) is 47.4 Å². The van der Waals surface area contributed by atoms with E-state index in [0.29, 0.717) is 6.42 Å². The molecule has 0 aromatic rings. The molecule has 0 unspecified atom stereocenters. The molecular weight excluding hydrogens is 312 g/mol. The lowest BCUT2D eigenvalue weighted by atomic mass is 9.95. The Morgan fingerprint density at radius 3 is 2.25 bits per heavy atom. The fourth-order valence-electron chi connectivity index (χ4n) is 2.72. The minimum absolute atomic E-state index is 0.0251. The highest BCUT2D eigenvalue weighted by Crippen LogP contribution is 2.21. The van der Waals surface area contributed by atoms with Crippen LogP contribution in [-0.2, 0) is 19.1 Å². The zero-order valence-electron chi connectivity index (χ0n) is 14.7. The fraction of sp³-hybridized carbons (Fsp3) is 0.778. The van der Waals surface area contributed by atoms with Crippen molar-refractivity contribution in [1.29, 1.82) is 0 Å². The van der Waals surface area contributed by atoms with E-state index < -0.39 is 30.1 Å². The summed E-state index contributed by atoms with van der Waals surface area (Å²) in [6.45, 7) is 2.18. The molecule has 1 aliphatic rings. The van der Waals surface area contributed by atoms with Gasteiger partial charge >= 0.3 is 5.97 Å². The molecule has 1 rings (SSSR count). The number of ketones is 1. The average Bonchev–Trinajstić information content (AvgIpc) is 2.57. The van der Waals surface area contributed by atoms with Gasteiger partial charge in [-0.2, -0.15) is 0 Å². The van der Waals surface area contributed by atoms with Gasteiger partial charge in [0.25, 0.3) is 0 Å². The Morgan fingerprint density at radius 1 is 1.08 bits per heavy atom. The van der Waals surface area contributed by atoms with E-state index in [1.165, 1.54) is 39.2 Å². The maximum Gasteiger partial charge on any atom is 0.306 e. The van der Waals surface area contributed by atoms with Gasteiger partial charge in [-0.3, -0.25) is 9.59 Å². The van der Waals surface area contributed by atoms with Gasteiger partial charge in [0, 0.05) is 12.5 Å². The first kappa shape index (κ1) is 20.6. The Bertz CT molecular complexity index is 431. The topological polar surface area (TPSA) is 93.1 Å². The summed E-state index contributed by atoms with van der Waals surface area (Å²) in [5.74, 6) is -1.13. The number of carbonyl (C=O) groups excluding carboxylic acids is 2. The molecule has 0 aromatic carbocycles. The van der Waals surface area contributed by atoms with Crippen molar-refractivity contribution in [1.82, 2.24) is 0 Å². The fourth-order valence-corrected chi connectivity index (χ4v) is 2.72. The van der Waals surface area contributed by atoms with Gasteiger partial charge in [0.2, 0.25) is 5.78 Å². The molecule has 0 saturated carbocycles. The van der Waals surface area contributed by atoms with Gasteiger partial charge < -0.3 is 19.7 Å². The summed E-state index contributed by atoms with van der Waals surface area (Å²) in [5, 5.41) is 19.7. The normalized spacial score (nSPS) is 23.8. The van der Waals surface area contributed by atoms with E-state index in [1.54, 1.807) is 0 Å². The predicted molar refractivity (Wildman–Crippen MR) is 89.2 cm³/mol. The minimum atomic E-state index is -1.50. The highest BCUT2D eigenvalue weighted by Gasteiger charge is 2.41. The van der Waals surface area contributed by atoms with E-state index in [-0.39, 0.29) is 12.2 Å². The molecule has 0 aliphatic heterocycles. The first-order valence-corrected chi connectivity index (χ1v) is 8.86. The molecule has 0 amide bonds. The summed E-state index contributed by atoms with van der Waals surface area (Å²) in [6, 6.07) is 0. The van der Waals surface area contributed by atoms with Crippen molar-refractivity contribution >= 4 is 11.8 Å². The molecule has 0 fully saturated rings. The molecule has 0 saturated heterocycles. The SMILES string of the molecule is CCCCCCCCCCC(=O)O[C@@H]1C(=O)C=C(OC)[C@@H](O)[C@H]1O. The summed E-state index contributed by atoms with van der Waals surface area (Å²) in [6.07, 6.45) is 5.94. The highest BCUT2D eigenvalue weighted by molar-refractivity contribution is 5.97. The average molecular weight is 342 g/mol. The van der Waals surface area contributed by atoms with Crippen LogP contribution >= 0.6 is 0 Å². The second kappa shape index (κ2) is 11.2. The van der Waals surface area contributed by atoms with Gasteiger partial charge in [0.15, 0.2) is 6.10 Å². The van der Waals surface area contributed by atoms with Crippen molar-refractivity contribution in [3.63, 3.8) is 0 Å². The van der Waals surface area contributed by atoms with Crippen molar-refractivity contribution in [2.75, 3.05) is 7.11 Å². The Kier molecular flexibility index (Phi) is 9.64. The number of methoxy groups -OCH3 is 1. The van der Waals surface area contributed by atoms with Crippen molar-refractivity contribution in [3.05, 3.63) is 11.8 Å². The lowest BCUT2D eigenvalue weighted by Gasteiger charge is -2.29. The Labute approximate surface area is 143 Å². The molecular formula is C18H30O6. The molecule has 24 heavy (non-hydrogen) atoms. The maximum absolute atomic E-state index is 11.9. The van der Waals surface area contributed by atoms with Gasteiger partial charge in [0.05, 0.1) is 7.11 Å². The van der Waals surface area contributed by atoms with E-state index in [9.17, 15) is 19.8 Å². The number of rotatable bonds is 11. The van der Waals surface area contributed by atoms with Crippen LogP contribution in [0.15, 0.2) is 11.8 Å². The molecule has 0 radical (unpaired) electrons. The first-order chi connectivity index (χ1) is 11.5. The van der Waals surface area contributed by atoms with Gasteiger partial charge in [-0.25, -0.2) is 0 Å².